The number of aromatic nitrogens is 2. The molecule has 0 amide bonds. The average molecular weight is 288 g/mol. The predicted molar refractivity (Wildman–Crippen MR) is 70.1 cm³/mol. The van der Waals surface area contributed by atoms with Crippen molar-refractivity contribution in [2.75, 3.05) is 19.7 Å². The fourth-order valence-corrected chi connectivity index (χ4v) is 3.15. The van der Waals surface area contributed by atoms with Crippen LogP contribution in [0.4, 0.5) is 0 Å². The molecular weight excluding hydrogens is 268 g/mol. The fraction of sp³-hybridized carbons (Fsp3) is 0.727. The molecule has 1 aromatic heterocycles. The van der Waals surface area contributed by atoms with Gasteiger partial charge in [-0.25, -0.2) is 13.1 Å². The van der Waals surface area contributed by atoms with Gasteiger partial charge in [0.1, 0.15) is 4.90 Å². The van der Waals surface area contributed by atoms with Crippen LogP contribution in [0, 0.1) is 0 Å². The first kappa shape index (κ1) is 14.4. The van der Waals surface area contributed by atoms with Crippen molar-refractivity contribution in [3.8, 4) is 0 Å². The van der Waals surface area contributed by atoms with Gasteiger partial charge in [-0.05, 0) is 19.8 Å². The Bertz CT molecular complexity index is 520. The highest BCUT2D eigenvalue weighted by Gasteiger charge is 2.31. The lowest BCUT2D eigenvalue weighted by molar-refractivity contribution is 0.0250. The van der Waals surface area contributed by atoms with Crippen molar-refractivity contribution in [1.29, 1.82) is 0 Å². The number of ether oxygens (including phenoxy) is 1. The number of nitrogens with two attached hydrogens (primary N) is 1. The summed E-state index contributed by atoms with van der Waals surface area (Å²) in [6.07, 6.45) is 4.64. The van der Waals surface area contributed by atoms with E-state index in [4.69, 9.17) is 10.5 Å². The molecule has 108 valence electrons. The topological polar surface area (TPSA) is 99.2 Å². The summed E-state index contributed by atoms with van der Waals surface area (Å²) < 4.78 is 33.8. The van der Waals surface area contributed by atoms with Crippen LogP contribution in [0.3, 0.4) is 0 Å². The van der Waals surface area contributed by atoms with E-state index in [1.165, 1.54) is 17.1 Å². The molecule has 2 heterocycles. The normalized spacial score (nSPS) is 23.9. The molecule has 7 nitrogen and oxygen atoms in total. The lowest BCUT2D eigenvalue weighted by atomic mass is 10.0. The second-order valence-corrected chi connectivity index (χ2v) is 6.72. The Kier molecular flexibility index (Phi) is 4.24. The van der Waals surface area contributed by atoms with Crippen LogP contribution in [-0.2, 0) is 21.3 Å². The van der Waals surface area contributed by atoms with Crippen LogP contribution in [0.2, 0.25) is 0 Å². The Labute approximate surface area is 113 Å². The van der Waals surface area contributed by atoms with Gasteiger partial charge in [-0.15, -0.1) is 0 Å². The zero-order valence-corrected chi connectivity index (χ0v) is 11.8. The second-order valence-electron chi connectivity index (χ2n) is 4.95. The van der Waals surface area contributed by atoms with Gasteiger partial charge < -0.3 is 10.5 Å². The molecule has 1 aliphatic rings. The largest absolute Gasteiger partial charge is 0.374 e. The highest BCUT2D eigenvalue weighted by molar-refractivity contribution is 7.89. The van der Waals surface area contributed by atoms with E-state index in [1.54, 1.807) is 0 Å². The summed E-state index contributed by atoms with van der Waals surface area (Å²) in [5, 5.41) is 3.96. The fourth-order valence-electron chi connectivity index (χ4n) is 2.05. The lowest BCUT2D eigenvalue weighted by Gasteiger charge is -2.22. The van der Waals surface area contributed by atoms with Gasteiger partial charge in [-0.3, -0.25) is 4.68 Å². The SMILES string of the molecule is CC1(CNS(=O)(=O)c2cnn(CCN)c2)CCCO1. The van der Waals surface area contributed by atoms with Crippen molar-refractivity contribution >= 4 is 10.0 Å². The van der Waals surface area contributed by atoms with E-state index < -0.39 is 15.6 Å². The third-order valence-electron chi connectivity index (χ3n) is 3.21. The number of hydrogen-bond donors (Lipinski definition) is 2. The number of sulfonamides is 1. The maximum Gasteiger partial charge on any atom is 0.243 e. The second kappa shape index (κ2) is 5.58. The molecule has 1 aliphatic heterocycles. The van der Waals surface area contributed by atoms with Crippen LogP contribution < -0.4 is 10.5 Å². The van der Waals surface area contributed by atoms with Gasteiger partial charge in [0.2, 0.25) is 10.0 Å². The Morgan fingerprint density at radius 3 is 3.05 bits per heavy atom. The van der Waals surface area contributed by atoms with Crippen molar-refractivity contribution in [2.45, 2.75) is 36.8 Å². The Balaban J connectivity index is 2.01. The first-order chi connectivity index (χ1) is 8.95. The van der Waals surface area contributed by atoms with E-state index in [2.05, 4.69) is 9.82 Å². The molecule has 1 saturated heterocycles. The molecule has 3 N–H and O–H groups in total. The van der Waals surface area contributed by atoms with Gasteiger partial charge in [0, 0.05) is 25.9 Å². The zero-order valence-electron chi connectivity index (χ0n) is 11.0. The molecule has 2 rings (SSSR count). The molecule has 1 fully saturated rings. The summed E-state index contributed by atoms with van der Waals surface area (Å²) in [6, 6.07) is 0. The van der Waals surface area contributed by atoms with Crippen molar-refractivity contribution in [3.63, 3.8) is 0 Å². The van der Waals surface area contributed by atoms with E-state index in [0.717, 1.165) is 12.8 Å². The van der Waals surface area contributed by atoms with E-state index in [-0.39, 0.29) is 11.4 Å². The van der Waals surface area contributed by atoms with Crippen molar-refractivity contribution in [3.05, 3.63) is 12.4 Å². The minimum atomic E-state index is -3.54. The molecule has 0 bridgehead atoms. The molecule has 0 aliphatic carbocycles. The first-order valence-electron chi connectivity index (χ1n) is 6.31. The number of hydrogen-bond acceptors (Lipinski definition) is 5. The monoisotopic (exact) mass is 288 g/mol. The van der Waals surface area contributed by atoms with E-state index in [9.17, 15) is 8.42 Å². The van der Waals surface area contributed by atoms with Crippen molar-refractivity contribution in [2.24, 2.45) is 5.73 Å². The minimum Gasteiger partial charge on any atom is -0.374 e. The third kappa shape index (κ3) is 3.53. The summed E-state index contributed by atoms with van der Waals surface area (Å²) in [5.41, 5.74) is 4.99. The van der Waals surface area contributed by atoms with E-state index in [0.29, 0.717) is 19.7 Å². The highest BCUT2D eigenvalue weighted by Crippen LogP contribution is 2.24. The minimum absolute atomic E-state index is 0.155. The third-order valence-corrected chi connectivity index (χ3v) is 4.57. The molecule has 1 aromatic rings. The van der Waals surface area contributed by atoms with Gasteiger partial charge >= 0.3 is 0 Å². The van der Waals surface area contributed by atoms with Gasteiger partial charge in [0.05, 0.1) is 18.3 Å². The highest BCUT2D eigenvalue weighted by atomic mass is 32.2. The van der Waals surface area contributed by atoms with Crippen LogP contribution in [0.1, 0.15) is 19.8 Å². The molecule has 19 heavy (non-hydrogen) atoms. The number of rotatable bonds is 6. The van der Waals surface area contributed by atoms with Gasteiger partial charge in [0.15, 0.2) is 0 Å². The molecule has 0 aromatic carbocycles. The Morgan fingerprint density at radius 1 is 1.63 bits per heavy atom. The molecule has 0 spiro atoms. The van der Waals surface area contributed by atoms with Crippen LogP contribution in [0.15, 0.2) is 17.3 Å². The van der Waals surface area contributed by atoms with Crippen LogP contribution in [-0.4, -0.2) is 43.5 Å². The molecule has 1 atom stereocenters. The van der Waals surface area contributed by atoms with Crippen LogP contribution in [0.25, 0.3) is 0 Å². The van der Waals surface area contributed by atoms with Crippen molar-refractivity contribution in [1.82, 2.24) is 14.5 Å². The first-order valence-corrected chi connectivity index (χ1v) is 7.80. The van der Waals surface area contributed by atoms with Gasteiger partial charge in [-0.2, -0.15) is 5.10 Å². The summed E-state index contributed by atoms with van der Waals surface area (Å²) in [6.45, 7) is 3.79. The standard InChI is InChI=1S/C11H20N4O3S/c1-11(3-2-6-18-11)9-14-19(16,17)10-7-13-15(8-10)5-4-12/h7-8,14H,2-6,9,12H2,1H3. The Hall–Kier alpha value is -0.960. The number of nitrogens with zero attached hydrogens (tertiary/aromatic N) is 2. The maximum absolute atomic E-state index is 12.1. The zero-order chi connectivity index (χ0) is 13.9. The molecule has 0 saturated carbocycles. The molecule has 0 radical (unpaired) electrons. The number of nitrogens with one attached hydrogen (secondary N) is 1. The summed E-state index contributed by atoms with van der Waals surface area (Å²) >= 11 is 0. The molecular formula is C11H20N4O3S. The maximum atomic E-state index is 12.1. The Morgan fingerprint density at radius 2 is 2.42 bits per heavy atom. The summed E-state index contributed by atoms with van der Waals surface area (Å²) in [4.78, 5) is 0.155. The predicted octanol–water partition coefficient (Wildman–Crippen LogP) is -0.311. The van der Waals surface area contributed by atoms with Crippen LogP contribution in [0.5, 0.6) is 0 Å². The van der Waals surface area contributed by atoms with Gasteiger partial charge in [0.25, 0.3) is 0 Å². The van der Waals surface area contributed by atoms with Gasteiger partial charge in [-0.1, -0.05) is 0 Å². The quantitative estimate of drug-likeness (QED) is 0.748. The smallest absolute Gasteiger partial charge is 0.243 e. The lowest BCUT2D eigenvalue weighted by Crippen LogP contribution is -2.39. The average Bonchev–Trinajstić information content (AvgIpc) is 2.98. The van der Waals surface area contributed by atoms with Crippen LogP contribution >= 0.6 is 0 Å². The van der Waals surface area contributed by atoms with E-state index >= 15 is 0 Å². The summed E-state index contributed by atoms with van der Waals surface area (Å²) in [5.74, 6) is 0. The van der Waals surface area contributed by atoms with E-state index in [1.807, 2.05) is 6.92 Å². The van der Waals surface area contributed by atoms with Crippen molar-refractivity contribution < 1.29 is 13.2 Å². The molecule has 1 unspecified atom stereocenters. The summed E-state index contributed by atoms with van der Waals surface area (Å²) in [7, 11) is -3.54. The molecule has 8 heteroatoms.